The third kappa shape index (κ3) is 5.18. The van der Waals surface area contributed by atoms with E-state index < -0.39 is 0 Å². The van der Waals surface area contributed by atoms with Crippen molar-refractivity contribution >= 4 is 27.7 Å². The lowest BCUT2D eigenvalue weighted by Crippen LogP contribution is -2.39. The molecule has 3 N–H and O–H groups in total. The Morgan fingerprint density at radius 2 is 2.17 bits per heavy atom. The molecule has 0 bridgehead atoms. The fraction of sp³-hybridized carbons (Fsp3) is 0.538. The number of nitrogens with one attached hydrogen (secondary N) is 1. The van der Waals surface area contributed by atoms with Crippen molar-refractivity contribution in [3.63, 3.8) is 0 Å². The Kier molecular flexibility index (Phi) is 7.07. The quantitative estimate of drug-likeness (QED) is 0.595. The van der Waals surface area contributed by atoms with E-state index in [1.807, 2.05) is 23.9 Å². The lowest BCUT2D eigenvalue weighted by molar-refractivity contribution is 0.406. The maximum absolute atomic E-state index is 5.62. The van der Waals surface area contributed by atoms with Crippen LogP contribution in [0.15, 0.2) is 22.7 Å². The van der Waals surface area contributed by atoms with Gasteiger partial charge in [0.2, 0.25) is 0 Å². The van der Waals surface area contributed by atoms with E-state index in [-0.39, 0.29) is 6.04 Å². The van der Waals surface area contributed by atoms with Gasteiger partial charge in [0.15, 0.2) is 0 Å². The number of hydrazine groups is 1. The number of benzene rings is 1. The van der Waals surface area contributed by atoms with E-state index in [4.69, 9.17) is 10.6 Å². The summed E-state index contributed by atoms with van der Waals surface area (Å²) in [5.74, 6) is 7.52. The highest BCUT2D eigenvalue weighted by atomic mass is 79.9. The first-order chi connectivity index (χ1) is 8.56. The second-order valence-electron chi connectivity index (χ2n) is 4.41. The predicted molar refractivity (Wildman–Crippen MR) is 83.1 cm³/mol. The molecule has 1 unspecified atom stereocenters. The highest BCUT2D eigenvalue weighted by Crippen LogP contribution is 2.25. The van der Waals surface area contributed by atoms with E-state index in [1.165, 1.54) is 5.56 Å². The monoisotopic (exact) mass is 332 g/mol. The van der Waals surface area contributed by atoms with Crippen molar-refractivity contribution in [2.24, 2.45) is 5.84 Å². The maximum Gasteiger partial charge on any atom is 0.122 e. The van der Waals surface area contributed by atoms with Crippen molar-refractivity contribution in [1.29, 1.82) is 0 Å². The fourth-order valence-electron chi connectivity index (χ4n) is 1.65. The second kappa shape index (κ2) is 8.04. The predicted octanol–water partition coefficient (Wildman–Crippen LogP) is 2.97. The van der Waals surface area contributed by atoms with Crippen LogP contribution in [-0.4, -0.2) is 24.2 Å². The fourth-order valence-corrected chi connectivity index (χ4v) is 2.89. The zero-order valence-electron chi connectivity index (χ0n) is 11.1. The third-order valence-electron chi connectivity index (χ3n) is 2.58. The molecule has 18 heavy (non-hydrogen) atoms. The Morgan fingerprint density at radius 3 is 2.72 bits per heavy atom. The van der Waals surface area contributed by atoms with E-state index >= 15 is 0 Å². The number of rotatable bonds is 7. The average Bonchev–Trinajstić information content (AvgIpc) is 2.34. The first kappa shape index (κ1) is 15.8. The van der Waals surface area contributed by atoms with Crippen molar-refractivity contribution in [3.05, 3.63) is 28.2 Å². The summed E-state index contributed by atoms with van der Waals surface area (Å²) in [6, 6.07) is 6.29. The van der Waals surface area contributed by atoms with Gasteiger partial charge >= 0.3 is 0 Å². The minimum atomic E-state index is 0.251. The van der Waals surface area contributed by atoms with Crippen molar-refractivity contribution < 1.29 is 4.74 Å². The van der Waals surface area contributed by atoms with Gasteiger partial charge in [0.05, 0.1) is 7.11 Å². The van der Waals surface area contributed by atoms with Crippen LogP contribution in [0.2, 0.25) is 0 Å². The molecule has 1 atom stereocenters. The number of ether oxygens (including phenoxy) is 1. The molecule has 1 aromatic rings. The van der Waals surface area contributed by atoms with Gasteiger partial charge in [-0.05, 0) is 35.4 Å². The number of hydrogen-bond donors (Lipinski definition) is 2. The molecule has 0 aliphatic rings. The van der Waals surface area contributed by atoms with Crippen molar-refractivity contribution in [1.82, 2.24) is 5.43 Å². The summed E-state index contributed by atoms with van der Waals surface area (Å²) in [5.41, 5.74) is 4.05. The minimum Gasteiger partial charge on any atom is -0.496 e. The zero-order valence-corrected chi connectivity index (χ0v) is 13.5. The molecule has 0 aliphatic carbocycles. The van der Waals surface area contributed by atoms with Gasteiger partial charge in [0.1, 0.15) is 5.75 Å². The first-order valence-corrected chi connectivity index (χ1v) is 7.81. The molecule has 102 valence electrons. The zero-order chi connectivity index (χ0) is 13.5. The van der Waals surface area contributed by atoms with E-state index in [0.717, 1.165) is 22.4 Å². The van der Waals surface area contributed by atoms with Crippen LogP contribution in [0.5, 0.6) is 5.75 Å². The summed E-state index contributed by atoms with van der Waals surface area (Å²) in [4.78, 5) is 0. The molecule has 0 saturated carbocycles. The summed E-state index contributed by atoms with van der Waals surface area (Å²) in [7, 11) is 1.69. The van der Waals surface area contributed by atoms with Crippen LogP contribution in [0.3, 0.4) is 0 Å². The lowest BCUT2D eigenvalue weighted by atomic mass is 10.1. The van der Waals surface area contributed by atoms with Crippen molar-refractivity contribution in [3.8, 4) is 5.75 Å². The van der Waals surface area contributed by atoms with E-state index in [9.17, 15) is 0 Å². The Hall–Kier alpha value is -0.230. The number of methoxy groups -OCH3 is 1. The molecule has 5 heteroatoms. The molecule has 0 radical (unpaired) electrons. The highest BCUT2D eigenvalue weighted by Gasteiger charge is 2.12. The SMILES string of the molecule is COc1ccc(Br)cc1CC(CSC(C)C)NN. The molecule has 3 nitrogen and oxygen atoms in total. The molecule has 0 aromatic heterocycles. The number of hydrogen-bond acceptors (Lipinski definition) is 4. The molecule has 0 amide bonds. The maximum atomic E-state index is 5.62. The smallest absolute Gasteiger partial charge is 0.122 e. The summed E-state index contributed by atoms with van der Waals surface area (Å²) < 4.78 is 6.44. The van der Waals surface area contributed by atoms with Gasteiger partial charge in [-0.2, -0.15) is 11.8 Å². The molecule has 0 spiro atoms. The minimum absolute atomic E-state index is 0.251. The van der Waals surface area contributed by atoms with Gasteiger partial charge in [-0.1, -0.05) is 29.8 Å². The molecule has 0 heterocycles. The van der Waals surface area contributed by atoms with Gasteiger partial charge in [0, 0.05) is 16.3 Å². The normalized spacial score (nSPS) is 12.8. The van der Waals surface area contributed by atoms with Gasteiger partial charge in [-0.15, -0.1) is 0 Å². The van der Waals surface area contributed by atoms with Crippen LogP contribution in [0.4, 0.5) is 0 Å². The van der Waals surface area contributed by atoms with Crippen LogP contribution in [0, 0.1) is 0 Å². The molecule has 0 saturated heterocycles. The summed E-state index contributed by atoms with van der Waals surface area (Å²) in [5, 5.41) is 0.616. The van der Waals surface area contributed by atoms with Gasteiger partial charge in [-0.25, -0.2) is 0 Å². The van der Waals surface area contributed by atoms with Crippen molar-refractivity contribution in [2.75, 3.05) is 12.9 Å². The molecule has 1 aromatic carbocycles. The van der Waals surface area contributed by atoms with Crippen LogP contribution < -0.4 is 16.0 Å². The lowest BCUT2D eigenvalue weighted by Gasteiger charge is -2.18. The largest absolute Gasteiger partial charge is 0.496 e. The first-order valence-electron chi connectivity index (χ1n) is 5.97. The summed E-state index contributed by atoms with van der Waals surface area (Å²) in [6.07, 6.45) is 0.860. The van der Waals surface area contributed by atoms with Gasteiger partial charge in [-0.3, -0.25) is 11.3 Å². The topological polar surface area (TPSA) is 47.3 Å². The van der Waals surface area contributed by atoms with Gasteiger partial charge < -0.3 is 4.74 Å². The third-order valence-corrected chi connectivity index (χ3v) is 4.33. The summed E-state index contributed by atoms with van der Waals surface area (Å²) >= 11 is 5.39. The number of halogens is 1. The standard InChI is InChI=1S/C13H21BrN2OS/c1-9(2)18-8-12(16-15)7-10-6-11(14)4-5-13(10)17-3/h4-6,9,12,16H,7-8,15H2,1-3H3. The highest BCUT2D eigenvalue weighted by molar-refractivity contribution is 9.10. The Labute approximate surface area is 122 Å². The van der Waals surface area contributed by atoms with E-state index in [0.29, 0.717) is 5.25 Å². The molecule has 0 aliphatic heterocycles. The number of thioether (sulfide) groups is 1. The van der Waals surface area contributed by atoms with Crippen LogP contribution in [0.1, 0.15) is 19.4 Å². The molecule has 0 fully saturated rings. The average molecular weight is 333 g/mol. The number of nitrogens with two attached hydrogens (primary N) is 1. The Morgan fingerprint density at radius 1 is 1.44 bits per heavy atom. The Bertz CT molecular complexity index is 374. The van der Waals surface area contributed by atoms with E-state index in [1.54, 1.807) is 7.11 Å². The van der Waals surface area contributed by atoms with Crippen LogP contribution in [-0.2, 0) is 6.42 Å². The molecular formula is C13H21BrN2OS. The van der Waals surface area contributed by atoms with Gasteiger partial charge in [0.25, 0.3) is 0 Å². The van der Waals surface area contributed by atoms with E-state index in [2.05, 4.69) is 41.3 Å². The molecular weight excluding hydrogens is 312 g/mol. The Balaban J connectivity index is 2.71. The second-order valence-corrected chi connectivity index (χ2v) is 6.93. The van der Waals surface area contributed by atoms with Crippen molar-refractivity contribution in [2.45, 2.75) is 31.6 Å². The summed E-state index contributed by atoms with van der Waals surface area (Å²) in [6.45, 7) is 4.38. The van der Waals surface area contributed by atoms with Crippen LogP contribution >= 0.6 is 27.7 Å². The molecule has 1 rings (SSSR count). The van der Waals surface area contributed by atoms with Crippen LogP contribution in [0.25, 0.3) is 0 Å².